The van der Waals surface area contributed by atoms with Crippen LogP contribution in [0.1, 0.15) is 17.3 Å². The van der Waals surface area contributed by atoms with Gasteiger partial charge in [0.1, 0.15) is 0 Å². The van der Waals surface area contributed by atoms with Crippen molar-refractivity contribution in [1.29, 1.82) is 0 Å². The van der Waals surface area contributed by atoms with Gasteiger partial charge in [0.05, 0.1) is 29.0 Å². The topological polar surface area (TPSA) is 84.0 Å². The number of fused-ring (bicyclic) bond motifs is 1. The number of nitrogens with one attached hydrogen (secondary N) is 2. The summed E-state index contributed by atoms with van der Waals surface area (Å²) in [5.74, 6) is 0.248. The highest BCUT2D eigenvalue weighted by Gasteiger charge is 2.23. The van der Waals surface area contributed by atoms with Crippen molar-refractivity contribution in [2.75, 3.05) is 10.6 Å². The van der Waals surface area contributed by atoms with E-state index in [1.807, 2.05) is 43.3 Å². The van der Waals surface area contributed by atoms with Crippen molar-refractivity contribution in [3.63, 3.8) is 0 Å². The average molecular weight is 376 g/mol. The Morgan fingerprint density at radius 2 is 1.85 bits per heavy atom. The van der Waals surface area contributed by atoms with E-state index in [9.17, 15) is 9.59 Å². The summed E-state index contributed by atoms with van der Waals surface area (Å²) in [6.07, 6.45) is 3.15. The summed E-state index contributed by atoms with van der Waals surface area (Å²) in [4.78, 5) is 33.9. The lowest BCUT2D eigenvalue weighted by Gasteiger charge is -2.21. The lowest BCUT2D eigenvalue weighted by molar-refractivity contribution is -0.115. The number of aromatic nitrogens is 2. The fourth-order valence-electron chi connectivity index (χ4n) is 2.68. The van der Waals surface area contributed by atoms with Crippen molar-refractivity contribution >= 4 is 35.0 Å². The Bertz CT molecular complexity index is 1010. The van der Waals surface area contributed by atoms with Crippen molar-refractivity contribution in [2.45, 2.75) is 17.1 Å². The lowest BCUT2D eigenvalue weighted by atomic mass is 10.1. The highest BCUT2D eigenvalue weighted by molar-refractivity contribution is 8.00. The van der Waals surface area contributed by atoms with Crippen LogP contribution in [-0.2, 0) is 4.79 Å². The van der Waals surface area contributed by atoms with E-state index < -0.39 is 0 Å². The van der Waals surface area contributed by atoms with E-state index in [1.165, 1.54) is 11.8 Å². The largest absolute Gasteiger partial charge is 0.324 e. The molecule has 6 nitrogen and oxygen atoms in total. The van der Waals surface area contributed by atoms with Gasteiger partial charge in [0.25, 0.3) is 5.91 Å². The van der Waals surface area contributed by atoms with Gasteiger partial charge in [-0.25, -0.2) is 9.97 Å². The molecule has 1 atom stereocenters. The summed E-state index contributed by atoms with van der Waals surface area (Å²) < 4.78 is 0. The number of carbonyl (C=O) groups is 2. The summed E-state index contributed by atoms with van der Waals surface area (Å²) in [5, 5.41) is 5.47. The van der Waals surface area contributed by atoms with E-state index in [1.54, 1.807) is 24.5 Å². The van der Waals surface area contributed by atoms with Crippen LogP contribution in [0.5, 0.6) is 0 Å². The first-order valence-electron chi connectivity index (χ1n) is 8.40. The van der Waals surface area contributed by atoms with Crippen molar-refractivity contribution in [3.05, 3.63) is 66.5 Å². The molecule has 134 valence electrons. The quantitative estimate of drug-likeness (QED) is 0.726. The molecule has 1 aromatic heterocycles. The molecular formula is C20H16N4O2S. The van der Waals surface area contributed by atoms with Gasteiger partial charge >= 0.3 is 0 Å². The molecule has 2 N–H and O–H groups in total. The maximum atomic E-state index is 12.5. The van der Waals surface area contributed by atoms with Crippen molar-refractivity contribution in [2.24, 2.45) is 0 Å². The maximum Gasteiger partial charge on any atom is 0.255 e. The highest BCUT2D eigenvalue weighted by atomic mass is 32.2. The van der Waals surface area contributed by atoms with E-state index in [2.05, 4.69) is 20.6 Å². The molecule has 1 aliphatic heterocycles. The molecule has 2 aromatic carbocycles. The molecule has 1 unspecified atom stereocenters. The first kappa shape index (κ1) is 17.2. The lowest BCUT2D eigenvalue weighted by Crippen LogP contribution is -2.26. The Morgan fingerprint density at radius 1 is 1.11 bits per heavy atom. The number of anilines is 2. The molecule has 0 saturated heterocycles. The predicted octanol–water partition coefficient (Wildman–Crippen LogP) is 3.83. The zero-order valence-electron chi connectivity index (χ0n) is 14.5. The summed E-state index contributed by atoms with van der Waals surface area (Å²) in [5.41, 5.74) is 2.53. The van der Waals surface area contributed by atoms with Gasteiger partial charge < -0.3 is 10.6 Å². The third kappa shape index (κ3) is 3.68. The van der Waals surface area contributed by atoms with Crippen molar-refractivity contribution in [1.82, 2.24) is 9.97 Å². The second-order valence-corrected chi connectivity index (χ2v) is 7.46. The average Bonchev–Trinajstić information content (AvgIpc) is 2.70. The normalized spacial score (nSPS) is 15.6. The van der Waals surface area contributed by atoms with Crippen LogP contribution in [0.4, 0.5) is 11.4 Å². The molecule has 2 amide bonds. The van der Waals surface area contributed by atoms with Gasteiger partial charge in [-0.1, -0.05) is 30.3 Å². The van der Waals surface area contributed by atoms with Crippen LogP contribution in [0.15, 0.2) is 65.8 Å². The van der Waals surface area contributed by atoms with Crippen LogP contribution in [0, 0.1) is 0 Å². The molecule has 27 heavy (non-hydrogen) atoms. The number of carbonyl (C=O) groups excluding carboxylic acids is 2. The fraction of sp³-hybridized carbons (Fsp3) is 0.100. The van der Waals surface area contributed by atoms with Crippen LogP contribution < -0.4 is 10.6 Å². The van der Waals surface area contributed by atoms with Gasteiger partial charge in [-0.05, 0) is 25.1 Å². The number of rotatable bonds is 3. The molecular weight excluding hydrogens is 360 g/mol. The number of hydrogen-bond acceptors (Lipinski definition) is 5. The van der Waals surface area contributed by atoms with Gasteiger partial charge in [0.15, 0.2) is 5.82 Å². The molecule has 4 rings (SSSR count). The molecule has 0 radical (unpaired) electrons. The van der Waals surface area contributed by atoms with Crippen LogP contribution >= 0.6 is 11.8 Å². The highest BCUT2D eigenvalue weighted by Crippen LogP contribution is 2.36. The first-order valence-corrected chi connectivity index (χ1v) is 9.28. The Labute approximate surface area is 160 Å². The van der Waals surface area contributed by atoms with Crippen LogP contribution in [0.3, 0.4) is 0 Å². The fourth-order valence-corrected chi connectivity index (χ4v) is 3.61. The molecule has 1 aliphatic rings. The molecule has 3 aromatic rings. The minimum atomic E-state index is -0.285. The summed E-state index contributed by atoms with van der Waals surface area (Å²) in [6, 6.07) is 14.9. The predicted molar refractivity (Wildman–Crippen MR) is 106 cm³/mol. The minimum absolute atomic E-state index is 0.0602. The smallest absolute Gasteiger partial charge is 0.255 e. The van der Waals surface area contributed by atoms with E-state index in [0.29, 0.717) is 22.8 Å². The molecule has 0 fully saturated rings. The van der Waals surface area contributed by atoms with Gasteiger partial charge in [0.2, 0.25) is 5.91 Å². The monoisotopic (exact) mass is 376 g/mol. The molecule has 0 saturated carbocycles. The van der Waals surface area contributed by atoms with Crippen molar-refractivity contribution < 1.29 is 9.59 Å². The van der Waals surface area contributed by atoms with Gasteiger partial charge in [-0.3, -0.25) is 9.59 Å². The minimum Gasteiger partial charge on any atom is -0.324 e. The van der Waals surface area contributed by atoms with Crippen LogP contribution in [-0.4, -0.2) is 27.0 Å². The molecule has 0 bridgehead atoms. The van der Waals surface area contributed by atoms with Crippen molar-refractivity contribution in [3.8, 4) is 11.4 Å². The van der Waals surface area contributed by atoms with E-state index in [4.69, 9.17) is 0 Å². The van der Waals surface area contributed by atoms with Gasteiger partial charge in [0, 0.05) is 16.0 Å². The van der Waals surface area contributed by atoms with Crippen LogP contribution in [0.2, 0.25) is 0 Å². The third-order valence-corrected chi connectivity index (χ3v) is 5.29. The Kier molecular flexibility index (Phi) is 4.60. The second kappa shape index (κ2) is 7.20. The number of thioether (sulfide) groups is 1. The second-order valence-electron chi connectivity index (χ2n) is 6.08. The first-order chi connectivity index (χ1) is 13.1. The Hall–Kier alpha value is -3.19. The van der Waals surface area contributed by atoms with Gasteiger partial charge in [-0.2, -0.15) is 0 Å². The zero-order valence-corrected chi connectivity index (χ0v) is 15.3. The van der Waals surface area contributed by atoms with E-state index in [0.717, 1.165) is 10.5 Å². The summed E-state index contributed by atoms with van der Waals surface area (Å²) in [6.45, 7) is 1.85. The maximum absolute atomic E-state index is 12.5. The third-order valence-electron chi connectivity index (χ3n) is 4.11. The number of nitrogens with zero attached hydrogens (tertiary/aromatic N) is 2. The number of amides is 2. The Balaban J connectivity index is 1.49. The van der Waals surface area contributed by atoms with E-state index in [-0.39, 0.29) is 17.1 Å². The molecule has 0 spiro atoms. The Morgan fingerprint density at radius 3 is 2.59 bits per heavy atom. The number of hydrogen-bond donors (Lipinski definition) is 2. The molecule has 0 aliphatic carbocycles. The standard InChI is InChI=1S/C20H16N4O2S/c1-12-19(25)24-16-9-14(7-8-17(16)27-12)20(26)23-15-10-21-18(22-11-15)13-5-3-2-4-6-13/h2-12H,1H3,(H,23,26)(H,24,25). The van der Waals surface area contributed by atoms with Gasteiger partial charge in [-0.15, -0.1) is 11.8 Å². The summed E-state index contributed by atoms with van der Waals surface area (Å²) >= 11 is 1.48. The van der Waals surface area contributed by atoms with Crippen LogP contribution in [0.25, 0.3) is 11.4 Å². The molecule has 2 heterocycles. The summed E-state index contributed by atoms with van der Waals surface area (Å²) in [7, 11) is 0. The number of benzene rings is 2. The molecule has 7 heteroatoms. The SMILES string of the molecule is CC1Sc2ccc(C(=O)Nc3cnc(-c4ccccc4)nc3)cc2NC1=O. The van der Waals surface area contributed by atoms with E-state index >= 15 is 0 Å². The zero-order chi connectivity index (χ0) is 18.8.